The van der Waals surface area contributed by atoms with Crippen LogP contribution in [-0.2, 0) is 48.5 Å². The molecule has 0 saturated carbocycles. The predicted octanol–water partition coefficient (Wildman–Crippen LogP) is 6.35. The second-order valence-electron chi connectivity index (χ2n) is 14.6. The van der Waals surface area contributed by atoms with Crippen molar-refractivity contribution < 1.29 is 76.6 Å². The molecule has 2 aromatic rings. The van der Waals surface area contributed by atoms with Crippen molar-refractivity contribution in [2.75, 3.05) is 6.16 Å². The van der Waals surface area contributed by atoms with Gasteiger partial charge in [-0.3, -0.25) is 4.57 Å². The molecule has 7 heteroatoms. The summed E-state index contributed by atoms with van der Waals surface area (Å²) in [6, 6.07) is 7.76. The Bertz CT molecular complexity index is 1040. The number of phenols is 2. The number of hydrogen-bond acceptors (Lipinski definition) is 5. The summed E-state index contributed by atoms with van der Waals surface area (Å²) in [6.45, 7) is 26.8. The molecule has 0 heterocycles. The molecule has 0 radical (unpaired) electrons. The van der Waals surface area contributed by atoms with Gasteiger partial charge >= 0.3 is 59.0 Å². The largest absolute Gasteiger partial charge is 1.00 e. The average Bonchev–Trinajstić information content (AvgIpc) is 2.74. The molecule has 0 atom stereocenters. The zero-order valence-corrected chi connectivity index (χ0v) is 31.0. The molecule has 0 amide bonds. The maximum Gasteiger partial charge on any atom is 1.00 e. The van der Waals surface area contributed by atoms with Crippen LogP contribution in [0.5, 0.6) is 11.5 Å². The smallest absolute Gasteiger partial charge is 1.00 e. The molecule has 2 N–H and O–H groups in total. The van der Waals surface area contributed by atoms with Gasteiger partial charge in [-0.15, -0.1) is 0 Å². The molecule has 0 aliphatic heterocycles. The van der Waals surface area contributed by atoms with Gasteiger partial charge in [0.1, 0.15) is 11.5 Å². The molecule has 0 aromatic heterocycles. The van der Waals surface area contributed by atoms with Crippen LogP contribution in [-0.4, -0.2) is 16.4 Å². The first-order valence-corrected chi connectivity index (χ1v) is 15.3. The van der Waals surface area contributed by atoms with E-state index < -0.39 is 7.60 Å². The van der Waals surface area contributed by atoms with Crippen molar-refractivity contribution in [1.29, 1.82) is 0 Å². The molecule has 39 heavy (non-hydrogen) atoms. The van der Waals surface area contributed by atoms with Crippen LogP contribution >= 0.6 is 7.60 Å². The first-order valence-electron chi connectivity index (χ1n) is 13.6. The summed E-state index contributed by atoms with van der Waals surface area (Å²) in [4.78, 5) is 0. The summed E-state index contributed by atoms with van der Waals surface area (Å²) in [7, 11) is -3.40. The average molecular weight is 587 g/mol. The van der Waals surface area contributed by atoms with Crippen LogP contribution in [0.3, 0.4) is 0 Å². The zero-order valence-electron chi connectivity index (χ0n) is 28.0. The molecule has 2 aromatic carbocycles. The number of hydrogen-bond donors (Lipinski definition) is 2. The molecule has 0 saturated heterocycles. The number of benzene rings is 2. The van der Waals surface area contributed by atoms with Gasteiger partial charge in [-0.05, 0) is 79.3 Å². The van der Waals surface area contributed by atoms with Crippen molar-refractivity contribution in [3.8, 4) is 11.5 Å². The van der Waals surface area contributed by atoms with E-state index in [1.165, 1.54) is 0 Å². The molecular formula is C32H52KO5P. The van der Waals surface area contributed by atoms with Crippen LogP contribution in [0.15, 0.2) is 24.3 Å². The monoisotopic (exact) mass is 586 g/mol. The minimum absolute atomic E-state index is 0. The second kappa shape index (κ2) is 13.0. The van der Waals surface area contributed by atoms with Crippen LogP contribution in [0.2, 0.25) is 0 Å². The maximum atomic E-state index is 13.6. The molecular weight excluding hydrogens is 534 g/mol. The minimum atomic E-state index is -3.40. The molecule has 0 unspecified atom stereocenters. The van der Waals surface area contributed by atoms with Gasteiger partial charge in [0.2, 0.25) is 0 Å². The molecule has 0 bridgehead atoms. The van der Waals surface area contributed by atoms with E-state index in [4.69, 9.17) is 9.05 Å². The molecule has 0 spiro atoms. The molecule has 0 fully saturated rings. The topological polar surface area (TPSA) is 76.0 Å². The first-order chi connectivity index (χ1) is 17.0. The SMILES string of the molecule is CCP(=O)(OCc1cc(C(C)(C)C)c(O)c(C(C)(C)C)c1)OCc1cc(C(C)(C)C)c(O)c(C(C)(C)C)c1.[H-].[K+]. The van der Waals surface area contributed by atoms with E-state index in [-0.39, 0.29) is 93.8 Å². The van der Waals surface area contributed by atoms with Gasteiger partial charge in [0, 0.05) is 6.16 Å². The van der Waals surface area contributed by atoms with E-state index >= 15 is 0 Å². The summed E-state index contributed by atoms with van der Waals surface area (Å²) < 4.78 is 25.6. The fourth-order valence-corrected chi connectivity index (χ4v) is 5.54. The van der Waals surface area contributed by atoms with E-state index in [1.54, 1.807) is 6.92 Å². The van der Waals surface area contributed by atoms with Crippen molar-refractivity contribution in [3.63, 3.8) is 0 Å². The van der Waals surface area contributed by atoms with Gasteiger partial charge in [0.05, 0.1) is 13.2 Å². The summed E-state index contributed by atoms with van der Waals surface area (Å²) >= 11 is 0. The Hall–Kier alpha value is -0.174. The van der Waals surface area contributed by atoms with Crippen LogP contribution in [0.4, 0.5) is 0 Å². The first kappa shape index (κ1) is 36.9. The maximum absolute atomic E-state index is 13.6. The van der Waals surface area contributed by atoms with E-state index in [0.29, 0.717) is 11.5 Å². The number of rotatable bonds is 7. The summed E-state index contributed by atoms with van der Waals surface area (Å²) in [5.74, 6) is 0.612. The third-order valence-electron chi connectivity index (χ3n) is 6.81. The normalized spacial score (nSPS) is 13.4. The number of phenolic OH excluding ortho intramolecular Hbond substituents is 2. The van der Waals surface area contributed by atoms with Crippen LogP contribution in [0.1, 0.15) is 125 Å². The summed E-state index contributed by atoms with van der Waals surface area (Å²) in [5.41, 5.74) is 3.99. The van der Waals surface area contributed by atoms with Crippen molar-refractivity contribution >= 4 is 7.60 Å². The van der Waals surface area contributed by atoms with Crippen molar-refractivity contribution in [1.82, 2.24) is 0 Å². The van der Waals surface area contributed by atoms with Gasteiger partial charge in [0.25, 0.3) is 0 Å². The van der Waals surface area contributed by atoms with E-state index in [2.05, 4.69) is 83.1 Å². The van der Waals surface area contributed by atoms with Gasteiger partial charge in [-0.1, -0.05) is 90.0 Å². The summed E-state index contributed by atoms with van der Waals surface area (Å²) in [5, 5.41) is 22.0. The molecule has 2 rings (SSSR count). The van der Waals surface area contributed by atoms with Gasteiger partial charge in [-0.2, -0.15) is 0 Å². The van der Waals surface area contributed by atoms with Crippen LogP contribution in [0, 0.1) is 0 Å². The standard InChI is InChI=1S/C32H51O5P.K.H/c1-14-38(35,36-19-21-15-23(29(2,3)4)27(33)24(16-21)30(5,6)7)37-20-22-17-25(31(8,9)10)28(34)26(18-22)32(11,12)13;;/h15-18,33-34H,14,19-20H2,1-13H3;;/q;+1;-1. The number of aromatic hydroxyl groups is 2. The molecule has 216 valence electrons. The fraction of sp³-hybridized carbons (Fsp3) is 0.625. The molecule has 0 aliphatic rings. The van der Waals surface area contributed by atoms with Crippen molar-refractivity contribution in [3.05, 3.63) is 57.6 Å². The third kappa shape index (κ3) is 9.68. The Morgan fingerprint density at radius 2 is 0.846 bits per heavy atom. The van der Waals surface area contributed by atoms with Crippen molar-refractivity contribution in [2.45, 2.75) is 125 Å². The van der Waals surface area contributed by atoms with Gasteiger partial charge in [-0.25, -0.2) is 0 Å². The quantitative estimate of drug-likeness (QED) is 0.292. The van der Waals surface area contributed by atoms with Crippen LogP contribution in [0.25, 0.3) is 0 Å². The molecule has 0 aliphatic carbocycles. The zero-order chi connectivity index (χ0) is 29.5. The fourth-order valence-electron chi connectivity index (χ4n) is 4.41. The Balaban J connectivity index is 0.00000760. The van der Waals surface area contributed by atoms with Crippen LogP contribution < -0.4 is 51.4 Å². The second-order valence-corrected chi connectivity index (χ2v) is 16.9. The van der Waals surface area contributed by atoms with E-state index in [9.17, 15) is 14.8 Å². The Morgan fingerprint density at radius 1 is 0.615 bits per heavy atom. The molecule has 5 nitrogen and oxygen atoms in total. The van der Waals surface area contributed by atoms with Crippen molar-refractivity contribution in [2.24, 2.45) is 0 Å². The Morgan fingerprint density at radius 3 is 1.03 bits per heavy atom. The van der Waals surface area contributed by atoms with E-state index in [1.807, 2.05) is 24.3 Å². The Kier molecular flexibility index (Phi) is 12.3. The third-order valence-corrected chi connectivity index (χ3v) is 8.63. The minimum Gasteiger partial charge on any atom is -1.00 e. The van der Waals surface area contributed by atoms with Gasteiger partial charge < -0.3 is 20.7 Å². The predicted molar refractivity (Wildman–Crippen MR) is 160 cm³/mol. The summed E-state index contributed by atoms with van der Waals surface area (Å²) in [6.07, 6.45) is 0.236. The van der Waals surface area contributed by atoms with Gasteiger partial charge in [0.15, 0.2) is 0 Å². The Labute approximate surface area is 281 Å². The van der Waals surface area contributed by atoms with E-state index in [0.717, 1.165) is 33.4 Å².